The van der Waals surface area contributed by atoms with Crippen molar-refractivity contribution < 1.29 is 5.11 Å². The summed E-state index contributed by atoms with van der Waals surface area (Å²) in [6, 6.07) is 0. The third-order valence-corrected chi connectivity index (χ3v) is 2.22. The Morgan fingerprint density at radius 3 is 2.64 bits per heavy atom. The third-order valence-electron chi connectivity index (χ3n) is 2.22. The van der Waals surface area contributed by atoms with Gasteiger partial charge in [0, 0.05) is 31.0 Å². The fourth-order valence-corrected chi connectivity index (χ4v) is 1.42. The van der Waals surface area contributed by atoms with Crippen molar-refractivity contribution >= 4 is 5.95 Å². The molecule has 0 spiro atoms. The molecule has 0 unspecified atom stereocenters. The second-order valence-electron chi connectivity index (χ2n) is 3.26. The Bertz CT molecular complexity index is 321. The summed E-state index contributed by atoms with van der Waals surface area (Å²) in [6.45, 7) is 1.84. The highest BCUT2D eigenvalue weighted by Gasteiger charge is 2.09. The van der Waals surface area contributed by atoms with E-state index in [1.54, 1.807) is 12.4 Å². The van der Waals surface area contributed by atoms with Crippen molar-refractivity contribution in [1.82, 2.24) is 9.97 Å². The largest absolute Gasteiger partial charge is 0.392 e. The van der Waals surface area contributed by atoms with Crippen LogP contribution < -0.4 is 4.90 Å². The zero-order valence-corrected chi connectivity index (χ0v) is 7.93. The maximum Gasteiger partial charge on any atom is 0.225 e. The minimum Gasteiger partial charge on any atom is -0.392 e. The van der Waals surface area contributed by atoms with Gasteiger partial charge in [-0.3, -0.25) is 0 Å². The summed E-state index contributed by atoms with van der Waals surface area (Å²) in [5, 5.41) is 8.83. The quantitative estimate of drug-likeness (QED) is 0.700. The number of anilines is 1. The van der Waals surface area contributed by atoms with Crippen molar-refractivity contribution in [3.05, 3.63) is 30.1 Å². The molecule has 4 heteroatoms. The molecular formula is C10H13N3O. The van der Waals surface area contributed by atoms with Crippen LogP contribution in [-0.4, -0.2) is 28.2 Å². The van der Waals surface area contributed by atoms with Gasteiger partial charge in [-0.2, -0.15) is 0 Å². The van der Waals surface area contributed by atoms with E-state index in [9.17, 15) is 0 Å². The van der Waals surface area contributed by atoms with Crippen molar-refractivity contribution in [2.45, 2.75) is 13.0 Å². The van der Waals surface area contributed by atoms with Gasteiger partial charge in [-0.15, -0.1) is 0 Å². The van der Waals surface area contributed by atoms with Gasteiger partial charge in [-0.1, -0.05) is 12.2 Å². The molecule has 2 rings (SSSR count). The van der Waals surface area contributed by atoms with E-state index in [4.69, 9.17) is 5.11 Å². The minimum atomic E-state index is 0.000181. The Morgan fingerprint density at radius 2 is 2.07 bits per heavy atom. The molecule has 4 nitrogen and oxygen atoms in total. The molecule has 0 fully saturated rings. The smallest absolute Gasteiger partial charge is 0.225 e. The van der Waals surface area contributed by atoms with Crippen LogP contribution in [-0.2, 0) is 6.61 Å². The summed E-state index contributed by atoms with van der Waals surface area (Å²) in [4.78, 5) is 10.5. The van der Waals surface area contributed by atoms with Crippen LogP contribution in [0.2, 0.25) is 0 Å². The summed E-state index contributed by atoms with van der Waals surface area (Å²) in [7, 11) is 0. The Labute approximate surface area is 82.9 Å². The molecular weight excluding hydrogens is 178 g/mol. The van der Waals surface area contributed by atoms with Gasteiger partial charge in [0.15, 0.2) is 0 Å². The number of aliphatic hydroxyl groups excluding tert-OH is 1. The monoisotopic (exact) mass is 191 g/mol. The first-order chi connectivity index (χ1) is 6.90. The zero-order valence-electron chi connectivity index (χ0n) is 7.93. The van der Waals surface area contributed by atoms with Crippen LogP contribution in [0.3, 0.4) is 0 Å². The van der Waals surface area contributed by atoms with Crippen LogP contribution in [0.5, 0.6) is 0 Å². The van der Waals surface area contributed by atoms with Crippen molar-refractivity contribution in [2.75, 3.05) is 18.0 Å². The van der Waals surface area contributed by atoms with Gasteiger partial charge in [0.1, 0.15) is 0 Å². The Hall–Kier alpha value is -1.42. The maximum atomic E-state index is 8.83. The van der Waals surface area contributed by atoms with E-state index in [2.05, 4.69) is 27.0 Å². The number of hydrogen-bond donors (Lipinski definition) is 1. The van der Waals surface area contributed by atoms with Crippen LogP contribution in [0.1, 0.15) is 12.0 Å². The lowest BCUT2D eigenvalue weighted by atomic mass is 10.2. The predicted octanol–water partition coefficient (Wildman–Crippen LogP) is 0.735. The van der Waals surface area contributed by atoms with Gasteiger partial charge in [0.2, 0.25) is 5.95 Å². The van der Waals surface area contributed by atoms with E-state index < -0.39 is 0 Å². The normalized spacial score (nSPS) is 15.9. The molecule has 74 valence electrons. The number of aliphatic hydroxyl groups is 1. The van der Waals surface area contributed by atoms with E-state index in [0.29, 0.717) is 0 Å². The van der Waals surface area contributed by atoms with E-state index in [0.717, 1.165) is 31.0 Å². The third kappa shape index (κ3) is 1.90. The van der Waals surface area contributed by atoms with Gasteiger partial charge in [0.05, 0.1) is 6.61 Å². The highest BCUT2D eigenvalue weighted by molar-refractivity contribution is 5.32. The Kier molecular flexibility index (Phi) is 2.74. The molecule has 0 radical (unpaired) electrons. The predicted molar refractivity (Wildman–Crippen MR) is 53.9 cm³/mol. The van der Waals surface area contributed by atoms with Crippen LogP contribution >= 0.6 is 0 Å². The lowest BCUT2D eigenvalue weighted by Gasteiger charge is -2.22. The number of rotatable bonds is 2. The molecule has 0 saturated carbocycles. The van der Waals surface area contributed by atoms with E-state index in [-0.39, 0.29) is 6.61 Å². The minimum absolute atomic E-state index is 0.000181. The highest BCUT2D eigenvalue weighted by Crippen LogP contribution is 2.10. The molecule has 1 aromatic heterocycles. The standard InChI is InChI=1S/C10H13N3O/c14-8-9-6-11-10(12-7-9)13-4-2-1-3-5-13/h1-2,6-7,14H,3-5,8H2. The first-order valence-corrected chi connectivity index (χ1v) is 4.72. The van der Waals surface area contributed by atoms with Gasteiger partial charge in [-0.05, 0) is 6.42 Å². The highest BCUT2D eigenvalue weighted by atomic mass is 16.3. The lowest BCUT2D eigenvalue weighted by molar-refractivity contribution is 0.281. The molecule has 2 heterocycles. The summed E-state index contributed by atoms with van der Waals surface area (Å²) in [5.74, 6) is 0.742. The summed E-state index contributed by atoms with van der Waals surface area (Å²) < 4.78 is 0. The van der Waals surface area contributed by atoms with Crippen molar-refractivity contribution in [1.29, 1.82) is 0 Å². The fourth-order valence-electron chi connectivity index (χ4n) is 1.42. The average Bonchev–Trinajstić information content (AvgIpc) is 2.30. The number of aromatic nitrogens is 2. The molecule has 1 aliphatic rings. The first-order valence-electron chi connectivity index (χ1n) is 4.72. The fraction of sp³-hybridized carbons (Fsp3) is 0.400. The molecule has 1 aliphatic heterocycles. The van der Waals surface area contributed by atoms with Crippen LogP contribution in [0.25, 0.3) is 0 Å². The van der Waals surface area contributed by atoms with Crippen LogP contribution in [0, 0.1) is 0 Å². The second kappa shape index (κ2) is 4.19. The Morgan fingerprint density at radius 1 is 1.29 bits per heavy atom. The molecule has 0 aliphatic carbocycles. The molecule has 14 heavy (non-hydrogen) atoms. The van der Waals surface area contributed by atoms with E-state index in [1.165, 1.54) is 0 Å². The molecule has 1 N–H and O–H groups in total. The van der Waals surface area contributed by atoms with Gasteiger partial charge in [0.25, 0.3) is 0 Å². The van der Waals surface area contributed by atoms with Gasteiger partial charge < -0.3 is 10.0 Å². The molecule has 1 aromatic rings. The SMILES string of the molecule is OCc1cnc(N2CC=CCC2)nc1. The summed E-state index contributed by atoms with van der Waals surface area (Å²) in [5.41, 5.74) is 0.751. The van der Waals surface area contributed by atoms with E-state index >= 15 is 0 Å². The molecule has 0 atom stereocenters. The average molecular weight is 191 g/mol. The number of hydrogen-bond acceptors (Lipinski definition) is 4. The zero-order chi connectivity index (χ0) is 9.80. The van der Waals surface area contributed by atoms with Crippen LogP contribution in [0.15, 0.2) is 24.5 Å². The molecule has 0 bridgehead atoms. The maximum absolute atomic E-state index is 8.83. The van der Waals surface area contributed by atoms with Gasteiger partial charge >= 0.3 is 0 Å². The lowest BCUT2D eigenvalue weighted by Crippen LogP contribution is -2.28. The van der Waals surface area contributed by atoms with Crippen LogP contribution in [0.4, 0.5) is 5.95 Å². The van der Waals surface area contributed by atoms with Crippen molar-refractivity contribution in [2.24, 2.45) is 0 Å². The second-order valence-corrected chi connectivity index (χ2v) is 3.26. The molecule has 0 amide bonds. The van der Waals surface area contributed by atoms with E-state index in [1.807, 2.05) is 0 Å². The number of nitrogens with zero attached hydrogens (tertiary/aromatic N) is 3. The summed E-state index contributed by atoms with van der Waals surface area (Å²) >= 11 is 0. The Balaban J connectivity index is 2.12. The van der Waals surface area contributed by atoms with Crippen molar-refractivity contribution in [3.63, 3.8) is 0 Å². The molecule has 0 saturated heterocycles. The summed E-state index contributed by atoms with van der Waals surface area (Å²) in [6.07, 6.45) is 8.66. The van der Waals surface area contributed by atoms with Crippen molar-refractivity contribution in [3.8, 4) is 0 Å². The molecule has 0 aromatic carbocycles. The topological polar surface area (TPSA) is 49.3 Å². The first kappa shape index (κ1) is 9.15. The van der Waals surface area contributed by atoms with Gasteiger partial charge in [-0.25, -0.2) is 9.97 Å².